The second-order valence-corrected chi connectivity index (χ2v) is 4.66. The van der Waals surface area contributed by atoms with Gasteiger partial charge in [-0.15, -0.1) is 0 Å². The molecule has 0 radical (unpaired) electrons. The summed E-state index contributed by atoms with van der Waals surface area (Å²) in [6, 6.07) is -0.00755. The van der Waals surface area contributed by atoms with Gasteiger partial charge < -0.3 is 15.7 Å². The van der Waals surface area contributed by atoms with Gasteiger partial charge in [0.2, 0.25) is 5.91 Å². The van der Waals surface area contributed by atoms with Crippen molar-refractivity contribution in [1.82, 2.24) is 10.6 Å². The van der Waals surface area contributed by atoms with Gasteiger partial charge in [-0.25, -0.2) is 0 Å². The first kappa shape index (κ1) is 10.9. The summed E-state index contributed by atoms with van der Waals surface area (Å²) in [5, 5.41) is 15.9. The van der Waals surface area contributed by atoms with Gasteiger partial charge in [-0.2, -0.15) is 0 Å². The molecule has 4 heteroatoms. The summed E-state index contributed by atoms with van der Waals surface area (Å²) >= 11 is 0. The minimum absolute atomic E-state index is 0.00755. The van der Waals surface area contributed by atoms with E-state index < -0.39 is 0 Å². The predicted molar refractivity (Wildman–Crippen MR) is 57.4 cm³/mol. The van der Waals surface area contributed by atoms with E-state index in [1.807, 2.05) is 0 Å². The highest BCUT2D eigenvalue weighted by molar-refractivity contribution is 5.79. The molecule has 15 heavy (non-hydrogen) atoms. The lowest BCUT2D eigenvalue weighted by Gasteiger charge is -2.29. The van der Waals surface area contributed by atoms with Crippen LogP contribution in [0.2, 0.25) is 0 Å². The standard InChI is InChI=1S/C11H20N2O2/c14-10-4-2-1-3-9(10)13-11(15)8-5-6-12-7-8/h8-10,12,14H,1-7H2,(H,13,15)/t8?,9-,10-/m1/s1. The number of rotatable bonds is 2. The largest absolute Gasteiger partial charge is 0.391 e. The van der Waals surface area contributed by atoms with Gasteiger partial charge in [0.1, 0.15) is 0 Å². The van der Waals surface area contributed by atoms with Crippen LogP contribution in [0.15, 0.2) is 0 Å². The number of nitrogens with one attached hydrogen (secondary N) is 2. The van der Waals surface area contributed by atoms with Gasteiger partial charge >= 0.3 is 0 Å². The molecule has 3 N–H and O–H groups in total. The Bertz CT molecular complexity index is 227. The summed E-state index contributed by atoms with van der Waals surface area (Å²) in [6.45, 7) is 1.72. The lowest BCUT2D eigenvalue weighted by atomic mass is 9.92. The Hall–Kier alpha value is -0.610. The lowest BCUT2D eigenvalue weighted by molar-refractivity contribution is -0.126. The quantitative estimate of drug-likeness (QED) is 0.604. The van der Waals surface area contributed by atoms with Crippen LogP contribution in [0, 0.1) is 5.92 Å². The molecule has 0 aromatic heterocycles. The lowest BCUT2D eigenvalue weighted by Crippen LogP contribution is -2.47. The minimum Gasteiger partial charge on any atom is -0.391 e. The Labute approximate surface area is 90.4 Å². The molecule has 0 aromatic carbocycles. The van der Waals surface area contributed by atoms with Gasteiger partial charge in [-0.05, 0) is 25.8 Å². The molecule has 0 bridgehead atoms. The van der Waals surface area contributed by atoms with Gasteiger partial charge in [0.15, 0.2) is 0 Å². The number of carbonyl (C=O) groups is 1. The van der Waals surface area contributed by atoms with Gasteiger partial charge in [0, 0.05) is 6.54 Å². The van der Waals surface area contributed by atoms with E-state index in [9.17, 15) is 9.90 Å². The molecule has 1 unspecified atom stereocenters. The van der Waals surface area contributed by atoms with Crippen LogP contribution in [0.1, 0.15) is 32.1 Å². The third-order valence-electron chi connectivity index (χ3n) is 3.49. The first-order chi connectivity index (χ1) is 7.27. The summed E-state index contributed by atoms with van der Waals surface area (Å²) in [6.07, 6.45) is 4.54. The number of carbonyl (C=O) groups excluding carboxylic acids is 1. The van der Waals surface area contributed by atoms with E-state index in [4.69, 9.17) is 0 Å². The topological polar surface area (TPSA) is 61.4 Å². The summed E-state index contributed by atoms with van der Waals surface area (Å²) in [7, 11) is 0. The second-order valence-electron chi connectivity index (χ2n) is 4.66. The van der Waals surface area contributed by atoms with Crippen molar-refractivity contribution in [2.24, 2.45) is 5.92 Å². The summed E-state index contributed by atoms with van der Waals surface area (Å²) in [5.41, 5.74) is 0. The van der Waals surface area contributed by atoms with Gasteiger partial charge in [0.05, 0.1) is 18.1 Å². The normalized spacial score (nSPS) is 36.5. The molecule has 2 fully saturated rings. The van der Waals surface area contributed by atoms with E-state index in [0.717, 1.165) is 45.2 Å². The zero-order valence-corrected chi connectivity index (χ0v) is 9.04. The fourth-order valence-corrected chi connectivity index (χ4v) is 2.46. The molecule has 0 spiro atoms. The number of amides is 1. The Morgan fingerprint density at radius 1 is 1.27 bits per heavy atom. The molecule has 0 aromatic rings. The van der Waals surface area contributed by atoms with Crippen LogP contribution in [0.3, 0.4) is 0 Å². The van der Waals surface area contributed by atoms with Crippen LogP contribution in [-0.4, -0.2) is 36.2 Å². The van der Waals surface area contributed by atoms with E-state index in [2.05, 4.69) is 10.6 Å². The molecule has 1 saturated heterocycles. The summed E-state index contributed by atoms with van der Waals surface area (Å²) < 4.78 is 0. The maximum atomic E-state index is 11.8. The molecule has 1 aliphatic heterocycles. The minimum atomic E-state index is -0.336. The van der Waals surface area contributed by atoms with Crippen molar-refractivity contribution in [2.75, 3.05) is 13.1 Å². The number of aliphatic hydroxyl groups excluding tert-OH is 1. The molecule has 4 nitrogen and oxygen atoms in total. The first-order valence-electron chi connectivity index (χ1n) is 5.96. The molecular formula is C11H20N2O2. The molecule has 2 rings (SSSR count). The molecule has 86 valence electrons. The number of hydrogen-bond acceptors (Lipinski definition) is 3. The summed E-state index contributed by atoms with van der Waals surface area (Å²) in [4.78, 5) is 11.8. The molecule has 1 aliphatic carbocycles. The van der Waals surface area contributed by atoms with Gasteiger partial charge in [-0.3, -0.25) is 4.79 Å². The second kappa shape index (κ2) is 4.94. The third kappa shape index (κ3) is 2.69. The Morgan fingerprint density at radius 2 is 2.07 bits per heavy atom. The van der Waals surface area contributed by atoms with Crippen LogP contribution in [0.5, 0.6) is 0 Å². The van der Waals surface area contributed by atoms with Crippen molar-refractivity contribution >= 4 is 5.91 Å². The van der Waals surface area contributed by atoms with E-state index in [1.54, 1.807) is 0 Å². The first-order valence-corrected chi connectivity index (χ1v) is 5.96. The van der Waals surface area contributed by atoms with Crippen LogP contribution < -0.4 is 10.6 Å². The Morgan fingerprint density at radius 3 is 2.73 bits per heavy atom. The molecule has 1 amide bonds. The highest BCUT2D eigenvalue weighted by atomic mass is 16.3. The molecule has 1 heterocycles. The van der Waals surface area contributed by atoms with Crippen LogP contribution in [-0.2, 0) is 4.79 Å². The zero-order valence-electron chi connectivity index (χ0n) is 9.04. The van der Waals surface area contributed by atoms with Crippen molar-refractivity contribution in [2.45, 2.75) is 44.2 Å². The van der Waals surface area contributed by atoms with E-state index in [1.165, 1.54) is 0 Å². The molecule has 3 atom stereocenters. The number of hydrogen-bond donors (Lipinski definition) is 3. The SMILES string of the molecule is O=C(N[C@@H]1CCCC[C@H]1O)C1CCNC1. The number of aliphatic hydroxyl groups is 1. The van der Waals surface area contributed by atoms with Crippen molar-refractivity contribution in [3.63, 3.8) is 0 Å². The van der Waals surface area contributed by atoms with Crippen LogP contribution >= 0.6 is 0 Å². The van der Waals surface area contributed by atoms with E-state index in [-0.39, 0.29) is 24.0 Å². The summed E-state index contributed by atoms with van der Waals surface area (Å²) in [5.74, 6) is 0.227. The van der Waals surface area contributed by atoms with E-state index in [0.29, 0.717) is 0 Å². The fraction of sp³-hybridized carbons (Fsp3) is 0.909. The zero-order chi connectivity index (χ0) is 10.7. The predicted octanol–water partition coefficient (Wildman–Crippen LogP) is 0.0156. The average Bonchev–Trinajstić information content (AvgIpc) is 2.74. The maximum Gasteiger partial charge on any atom is 0.224 e. The van der Waals surface area contributed by atoms with Crippen LogP contribution in [0.25, 0.3) is 0 Å². The Kier molecular flexibility index (Phi) is 3.59. The van der Waals surface area contributed by atoms with Gasteiger partial charge in [-0.1, -0.05) is 12.8 Å². The Balaban J connectivity index is 1.81. The molecule has 2 aliphatic rings. The van der Waals surface area contributed by atoms with Crippen molar-refractivity contribution in [3.8, 4) is 0 Å². The fourth-order valence-electron chi connectivity index (χ4n) is 2.46. The third-order valence-corrected chi connectivity index (χ3v) is 3.49. The smallest absolute Gasteiger partial charge is 0.224 e. The van der Waals surface area contributed by atoms with Crippen molar-refractivity contribution < 1.29 is 9.90 Å². The van der Waals surface area contributed by atoms with Crippen molar-refractivity contribution in [1.29, 1.82) is 0 Å². The highest BCUT2D eigenvalue weighted by Crippen LogP contribution is 2.19. The van der Waals surface area contributed by atoms with Crippen molar-refractivity contribution in [3.05, 3.63) is 0 Å². The molecule has 1 saturated carbocycles. The van der Waals surface area contributed by atoms with E-state index >= 15 is 0 Å². The monoisotopic (exact) mass is 212 g/mol. The molecular weight excluding hydrogens is 192 g/mol. The maximum absolute atomic E-state index is 11.8. The van der Waals surface area contributed by atoms with Gasteiger partial charge in [0.25, 0.3) is 0 Å². The highest BCUT2D eigenvalue weighted by Gasteiger charge is 2.28. The van der Waals surface area contributed by atoms with Crippen LogP contribution in [0.4, 0.5) is 0 Å². The average molecular weight is 212 g/mol.